The summed E-state index contributed by atoms with van der Waals surface area (Å²) in [5, 5.41) is 0. The van der Waals surface area contributed by atoms with Gasteiger partial charge in [0.15, 0.2) is 0 Å². The first-order valence-electron chi connectivity index (χ1n) is 6.21. The lowest BCUT2D eigenvalue weighted by Gasteiger charge is -2.26. The van der Waals surface area contributed by atoms with E-state index in [-0.39, 0.29) is 23.9 Å². The van der Waals surface area contributed by atoms with Crippen molar-refractivity contribution < 1.29 is 9.53 Å². The van der Waals surface area contributed by atoms with E-state index in [2.05, 4.69) is 0 Å². The van der Waals surface area contributed by atoms with Gasteiger partial charge in [0.1, 0.15) is 5.75 Å². The molecule has 1 saturated carbocycles. The fourth-order valence-corrected chi connectivity index (χ4v) is 2.17. The molecule has 0 aromatic heterocycles. The first-order chi connectivity index (χ1) is 8.56. The largest absolute Gasteiger partial charge is 0.496 e. The van der Waals surface area contributed by atoms with E-state index in [4.69, 9.17) is 10.5 Å². The van der Waals surface area contributed by atoms with Gasteiger partial charge in [0, 0.05) is 18.7 Å². The van der Waals surface area contributed by atoms with E-state index in [1.807, 2.05) is 38.2 Å². The molecule has 1 amide bonds. The van der Waals surface area contributed by atoms with E-state index in [9.17, 15) is 4.79 Å². The second-order valence-electron chi connectivity index (χ2n) is 4.87. The van der Waals surface area contributed by atoms with Crippen LogP contribution in [0.15, 0.2) is 24.3 Å². The number of rotatable bonds is 4. The van der Waals surface area contributed by atoms with Crippen molar-refractivity contribution in [1.82, 2.24) is 4.90 Å². The first kappa shape index (κ1) is 12.9. The number of methoxy groups -OCH3 is 1. The molecule has 98 valence electrons. The number of nitrogens with two attached hydrogens (primary N) is 1. The van der Waals surface area contributed by atoms with E-state index in [0.717, 1.165) is 17.7 Å². The Morgan fingerprint density at radius 2 is 2.11 bits per heavy atom. The Bertz CT molecular complexity index is 447. The van der Waals surface area contributed by atoms with Crippen molar-refractivity contribution in [2.45, 2.75) is 25.4 Å². The molecule has 0 radical (unpaired) electrons. The standard InChI is InChI=1S/C14H20N2O2/c1-9(10-6-4-5-7-13(10)18-3)16(2)14(17)11-8-12(11)15/h4-7,9,11-12H,8,15H2,1-3H3. The number of amides is 1. The summed E-state index contributed by atoms with van der Waals surface area (Å²) in [7, 11) is 3.47. The zero-order chi connectivity index (χ0) is 13.3. The van der Waals surface area contributed by atoms with Crippen LogP contribution in [0.1, 0.15) is 24.9 Å². The molecule has 3 unspecified atom stereocenters. The molecule has 1 aromatic rings. The third-order valence-corrected chi connectivity index (χ3v) is 3.67. The minimum absolute atomic E-state index is 0.00663. The van der Waals surface area contributed by atoms with Gasteiger partial charge >= 0.3 is 0 Å². The maximum absolute atomic E-state index is 12.1. The quantitative estimate of drug-likeness (QED) is 0.879. The molecule has 1 aliphatic carbocycles. The lowest BCUT2D eigenvalue weighted by molar-refractivity contribution is -0.133. The van der Waals surface area contributed by atoms with Gasteiger partial charge < -0.3 is 15.4 Å². The molecule has 0 saturated heterocycles. The van der Waals surface area contributed by atoms with Crippen LogP contribution in [0, 0.1) is 5.92 Å². The lowest BCUT2D eigenvalue weighted by Crippen LogP contribution is -2.32. The molecule has 0 bridgehead atoms. The number of nitrogens with zero attached hydrogens (tertiary/aromatic N) is 1. The lowest BCUT2D eigenvalue weighted by atomic mass is 10.1. The van der Waals surface area contributed by atoms with Crippen LogP contribution in [0.25, 0.3) is 0 Å². The van der Waals surface area contributed by atoms with Crippen LogP contribution in [-0.4, -0.2) is 31.0 Å². The monoisotopic (exact) mass is 248 g/mol. The third kappa shape index (κ3) is 2.34. The molecule has 0 heterocycles. The van der Waals surface area contributed by atoms with Crippen molar-refractivity contribution in [1.29, 1.82) is 0 Å². The van der Waals surface area contributed by atoms with E-state index in [0.29, 0.717) is 0 Å². The van der Waals surface area contributed by atoms with Crippen LogP contribution >= 0.6 is 0 Å². The number of carbonyl (C=O) groups excluding carboxylic acids is 1. The minimum Gasteiger partial charge on any atom is -0.496 e. The molecule has 4 nitrogen and oxygen atoms in total. The molecular weight excluding hydrogens is 228 g/mol. The van der Waals surface area contributed by atoms with Gasteiger partial charge in [-0.25, -0.2) is 0 Å². The predicted octanol–water partition coefficient (Wildman–Crippen LogP) is 1.56. The number of carbonyl (C=O) groups is 1. The van der Waals surface area contributed by atoms with Crippen molar-refractivity contribution in [3.8, 4) is 5.75 Å². The van der Waals surface area contributed by atoms with Gasteiger partial charge in [0.2, 0.25) is 5.91 Å². The molecule has 3 atom stereocenters. The molecule has 1 aromatic carbocycles. The van der Waals surface area contributed by atoms with Crippen molar-refractivity contribution >= 4 is 5.91 Å². The zero-order valence-corrected chi connectivity index (χ0v) is 11.1. The van der Waals surface area contributed by atoms with Gasteiger partial charge in [-0.1, -0.05) is 18.2 Å². The second-order valence-corrected chi connectivity index (χ2v) is 4.87. The minimum atomic E-state index is -0.0125. The molecule has 2 rings (SSSR count). The van der Waals surface area contributed by atoms with E-state index in [1.165, 1.54) is 0 Å². The summed E-state index contributed by atoms with van der Waals surface area (Å²) in [6.45, 7) is 2.00. The summed E-state index contributed by atoms with van der Waals surface area (Å²) in [4.78, 5) is 13.9. The topological polar surface area (TPSA) is 55.6 Å². The highest BCUT2D eigenvalue weighted by Crippen LogP contribution is 2.34. The number of hydrogen-bond acceptors (Lipinski definition) is 3. The molecule has 1 fully saturated rings. The summed E-state index contributed by atoms with van der Waals surface area (Å²) in [5.41, 5.74) is 6.75. The molecule has 4 heteroatoms. The SMILES string of the molecule is COc1ccccc1C(C)N(C)C(=O)C1CC1N. The summed E-state index contributed by atoms with van der Waals surface area (Å²) in [5.74, 6) is 0.942. The Labute approximate surface area is 108 Å². The Morgan fingerprint density at radius 3 is 2.67 bits per heavy atom. The molecular formula is C14H20N2O2. The fourth-order valence-electron chi connectivity index (χ4n) is 2.17. The summed E-state index contributed by atoms with van der Waals surface area (Å²) >= 11 is 0. The predicted molar refractivity (Wildman–Crippen MR) is 70.3 cm³/mol. The number of para-hydroxylation sites is 1. The van der Waals surface area contributed by atoms with Gasteiger partial charge in [-0.05, 0) is 19.4 Å². The molecule has 1 aliphatic rings. The molecule has 2 N–H and O–H groups in total. The highest BCUT2D eigenvalue weighted by molar-refractivity contribution is 5.82. The van der Waals surface area contributed by atoms with Crippen LogP contribution in [-0.2, 0) is 4.79 Å². The Kier molecular flexibility index (Phi) is 3.57. The third-order valence-electron chi connectivity index (χ3n) is 3.67. The summed E-state index contributed by atoms with van der Waals surface area (Å²) in [6.07, 6.45) is 0.807. The van der Waals surface area contributed by atoms with Gasteiger partial charge in [-0.2, -0.15) is 0 Å². The smallest absolute Gasteiger partial charge is 0.227 e. The van der Waals surface area contributed by atoms with Crippen molar-refractivity contribution in [3.05, 3.63) is 29.8 Å². The first-order valence-corrected chi connectivity index (χ1v) is 6.21. The maximum atomic E-state index is 12.1. The maximum Gasteiger partial charge on any atom is 0.227 e. The van der Waals surface area contributed by atoms with Crippen LogP contribution < -0.4 is 10.5 Å². The summed E-state index contributed by atoms with van der Waals surface area (Å²) in [6, 6.07) is 7.81. The van der Waals surface area contributed by atoms with Crippen LogP contribution in [0.2, 0.25) is 0 Å². The van der Waals surface area contributed by atoms with Crippen LogP contribution in [0.3, 0.4) is 0 Å². The normalized spacial score (nSPS) is 23.3. The Hall–Kier alpha value is -1.55. The number of hydrogen-bond donors (Lipinski definition) is 1. The van der Waals surface area contributed by atoms with E-state index >= 15 is 0 Å². The van der Waals surface area contributed by atoms with E-state index in [1.54, 1.807) is 12.0 Å². The van der Waals surface area contributed by atoms with Crippen molar-refractivity contribution in [3.63, 3.8) is 0 Å². The molecule has 18 heavy (non-hydrogen) atoms. The van der Waals surface area contributed by atoms with Gasteiger partial charge in [0.05, 0.1) is 19.1 Å². The highest BCUT2D eigenvalue weighted by Gasteiger charge is 2.42. The number of benzene rings is 1. The van der Waals surface area contributed by atoms with Crippen LogP contribution in [0.5, 0.6) is 5.75 Å². The fraction of sp³-hybridized carbons (Fsp3) is 0.500. The highest BCUT2D eigenvalue weighted by atomic mass is 16.5. The molecule has 0 spiro atoms. The van der Waals surface area contributed by atoms with Crippen LogP contribution in [0.4, 0.5) is 0 Å². The van der Waals surface area contributed by atoms with Crippen molar-refractivity contribution in [2.24, 2.45) is 11.7 Å². The van der Waals surface area contributed by atoms with Crippen molar-refractivity contribution in [2.75, 3.05) is 14.2 Å². The molecule has 0 aliphatic heterocycles. The number of ether oxygens (including phenoxy) is 1. The Morgan fingerprint density at radius 1 is 1.50 bits per heavy atom. The Balaban J connectivity index is 2.14. The van der Waals surface area contributed by atoms with E-state index < -0.39 is 0 Å². The van der Waals surface area contributed by atoms with Gasteiger partial charge in [-0.3, -0.25) is 4.79 Å². The zero-order valence-electron chi connectivity index (χ0n) is 11.1. The average molecular weight is 248 g/mol. The average Bonchev–Trinajstić information content (AvgIpc) is 3.13. The van der Waals surface area contributed by atoms with Gasteiger partial charge in [-0.15, -0.1) is 0 Å². The van der Waals surface area contributed by atoms with Gasteiger partial charge in [0.25, 0.3) is 0 Å². The second kappa shape index (κ2) is 4.98. The summed E-state index contributed by atoms with van der Waals surface area (Å²) < 4.78 is 5.33.